The molecule has 0 aliphatic heterocycles. The number of halogens is 3. The molecule has 0 amide bonds. The Morgan fingerprint density at radius 3 is 2.08 bits per heavy atom. The van der Waals surface area contributed by atoms with Crippen molar-refractivity contribution in [3.8, 4) is 0 Å². The first-order chi connectivity index (χ1) is 6.06. The average molecular weight is 187 g/mol. The summed E-state index contributed by atoms with van der Waals surface area (Å²) < 4.78 is 38.3. The fourth-order valence-corrected chi connectivity index (χ4v) is 0.982. The molecule has 1 aromatic rings. The van der Waals surface area contributed by atoms with Gasteiger partial charge in [-0.05, 0) is 5.57 Å². The van der Waals surface area contributed by atoms with Crippen molar-refractivity contribution < 1.29 is 13.2 Å². The van der Waals surface area contributed by atoms with Crippen molar-refractivity contribution in [1.82, 2.24) is 0 Å². The quantitative estimate of drug-likeness (QED) is 0.753. The number of benzene rings is 1. The Balaban J connectivity index is 3.28. The third-order valence-electron chi connectivity index (χ3n) is 1.61. The summed E-state index contributed by atoms with van der Waals surface area (Å²) in [6.45, 7) is 3.30. The van der Waals surface area contributed by atoms with Gasteiger partial charge in [0.2, 0.25) is 0 Å². The molecule has 13 heavy (non-hydrogen) atoms. The van der Waals surface area contributed by atoms with Crippen LogP contribution in [0.3, 0.4) is 0 Å². The molecule has 0 spiro atoms. The van der Waals surface area contributed by atoms with E-state index in [9.17, 15) is 13.2 Å². The summed E-state index contributed by atoms with van der Waals surface area (Å²) in [6, 6.07) is 1.19. The lowest BCUT2D eigenvalue weighted by atomic mass is 10.1. The second-order valence-corrected chi connectivity index (χ2v) is 2.55. The van der Waals surface area contributed by atoms with Gasteiger partial charge in [0, 0.05) is 18.7 Å². The van der Waals surface area contributed by atoms with Gasteiger partial charge < -0.3 is 5.73 Å². The highest BCUT2D eigenvalue weighted by atomic mass is 19.1. The summed E-state index contributed by atoms with van der Waals surface area (Å²) in [5, 5.41) is 0. The molecule has 1 rings (SSSR count). The van der Waals surface area contributed by atoms with E-state index in [1.807, 2.05) is 0 Å². The maximum Gasteiger partial charge on any atom is 0.136 e. The maximum absolute atomic E-state index is 13.0. The SMILES string of the molecule is C=C(CN)c1c(F)cc(F)cc1F. The van der Waals surface area contributed by atoms with E-state index in [-0.39, 0.29) is 17.7 Å². The summed E-state index contributed by atoms with van der Waals surface area (Å²) >= 11 is 0. The molecule has 0 aliphatic carbocycles. The highest BCUT2D eigenvalue weighted by molar-refractivity contribution is 5.65. The van der Waals surface area contributed by atoms with Crippen LogP contribution in [0.15, 0.2) is 18.7 Å². The maximum atomic E-state index is 13.0. The van der Waals surface area contributed by atoms with Crippen molar-refractivity contribution in [3.05, 3.63) is 41.7 Å². The van der Waals surface area contributed by atoms with E-state index < -0.39 is 17.5 Å². The minimum atomic E-state index is -0.979. The van der Waals surface area contributed by atoms with E-state index in [1.54, 1.807) is 0 Å². The molecule has 0 saturated carbocycles. The van der Waals surface area contributed by atoms with E-state index in [0.29, 0.717) is 12.1 Å². The predicted octanol–water partition coefficient (Wildman–Crippen LogP) is 2.08. The summed E-state index contributed by atoms with van der Waals surface area (Å²) in [7, 11) is 0. The minimum absolute atomic E-state index is 0.0700. The van der Waals surface area contributed by atoms with Gasteiger partial charge in [-0.15, -0.1) is 0 Å². The van der Waals surface area contributed by atoms with Gasteiger partial charge in [-0.2, -0.15) is 0 Å². The molecule has 0 radical (unpaired) electrons. The molecule has 0 aromatic heterocycles. The van der Waals surface area contributed by atoms with E-state index in [2.05, 4.69) is 6.58 Å². The third kappa shape index (κ3) is 1.89. The van der Waals surface area contributed by atoms with Crippen LogP contribution in [0.1, 0.15) is 5.56 Å². The van der Waals surface area contributed by atoms with Crippen molar-refractivity contribution in [2.24, 2.45) is 5.73 Å². The molecule has 0 bridgehead atoms. The second-order valence-electron chi connectivity index (χ2n) is 2.55. The summed E-state index contributed by atoms with van der Waals surface area (Å²) in [5.74, 6) is -2.91. The monoisotopic (exact) mass is 187 g/mol. The van der Waals surface area contributed by atoms with Crippen LogP contribution in [0.25, 0.3) is 5.57 Å². The lowest BCUT2D eigenvalue weighted by molar-refractivity contribution is 0.538. The van der Waals surface area contributed by atoms with Gasteiger partial charge in [0.15, 0.2) is 0 Å². The van der Waals surface area contributed by atoms with Gasteiger partial charge in [-0.1, -0.05) is 6.58 Å². The van der Waals surface area contributed by atoms with E-state index >= 15 is 0 Å². The van der Waals surface area contributed by atoms with Gasteiger partial charge in [0.05, 0.1) is 5.56 Å². The van der Waals surface area contributed by atoms with Crippen molar-refractivity contribution in [1.29, 1.82) is 0 Å². The molecular weight excluding hydrogens is 179 g/mol. The Hall–Kier alpha value is -1.29. The lowest BCUT2D eigenvalue weighted by Crippen LogP contribution is -2.05. The smallest absolute Gasteiger partial charge is 0.136 e. The van der Waals surface area contributed by atoms with Crippen molar-refractivity contribution in [2.75, 3.05) is 6.54 Å². The molecule has 0 fully saturated rings. The molecule has 1 aromatic carbocycles. The number of nitrogens with two attached hydrogens (primary N) is 1. The van der Waals surface area contributed by atoms with Crippen molar-refractivity contribution >= 4 is 5.57 Å². The largest absolute Gasteiger partial charge is 0.326 e. The minimum Gasteiger partial charge on any atom is -0.326 e. The van der Waals surface area contributed by atoms with Crippen molar-refractivity contribution in [3.63, 3.8) is 0 Å². The van der Waals surface area contributed by atoms with Gasteiger partial charge in [-0.3, -0.25) is 0 Å². The highest BCUT2D eigenvalue weighted by Gasteiger charge is 2.12. The van der Waals surface area contributed by atoms with E-state index in [4.69, 9.17) is 5.73 Å². The lowest BCUT2D eigenvalue weighted by Gasteiger charge is -2.05. The zero-order chi connectivity index (χ0) is 10.0. The Morgan fingerprint density at radius 1 is 1.23 bits per heavy atom. The van der Waals surface area contributed by atoms with Crippen LogP contribution in [0, 0.1) is 17.5 Å². The topological polar surface area (TPSA) is 26.0 Å². The molecule has 0 atom stereocenters. The Labute approximate surface area is 73.7 Å². The number of hydrogen-bond donors (Lipinski definition) is 1. The average Bonchev–Trinajstić information content (AvgIpc) is 2.02. The fourth-order valence-electron chi connectivity index (χ4n) is 0.982. The van der Waals surface area contributed by atoms with E-state index in [0.717, 1.165) is 0 Å². The molecule has 0 aliphatic rings. The van der Waals surface area contributed by atoms with Gasteiger partial charge in [0.1, 0.15) is 17.5 Å². The molecule has 0 heterocycles. The number of hydrogen-bond acceptors (Lipinski definition) is 1. The standard InChI is InChI=1S/C9H8F3N/c1-5(4-13)9-7(11)2-6(10)3-8(9)12/h2-3H,1,4,13H2. The first-order valence-electron chi connectivity index (χ1n) is 3.59. The van der Waals surface area contributed by atoms with Gasteiger partial charge in [-0.25, -0.2) is 13.2 Å². The van der Waals surface area contributed by atoms with Gasteiger partial charge >= 0.3 is 0 Å². The molecule has 2 N–H and O–H groups in total. The molecule has 4 heteroatoms. The molecule has 0 unspecified atom stereocenters. The fraction of sp³-hybridized carbons (Fsp3) is 0.111. The van der Waals surface area contributed by atoms with Crippen LogP contribution < -0.4 is 5.73 Å². The molecule has 0 saturated heterocycles. The number of rotatable bonds is 2. The van der Waals surface area contributed by atoms with E-state index in [1.165, 1.54) is 0 Å². The molecule has 1 nitrogen and oxygen atoms in total. The Kier molecular flexibility index (Phi) is 2.72. The highest BCUT2D eigenvalue weighted by Crippen LogP contribution is 2.20. The summed E-state index contributed by atoms with van der Waals surface area (Å²) in [4.78, 5) is 0. The zero-order valence-electron chi connectivity index (χ0n) is 6.78. The first-order valence-corrected chi connectivity index (χ1v) is 3.59. The Morgan fingerprint density at radius 2 is 1.69 bits per heavy atom. The van der Waals surface area contributed by atoms with Crippen LogP contribution in [-0.2, 0) is 0 Å². The van der Waals surface area contributed by atoms with Crippen LogP contribution in [0.5, 0.6) is 0 Å². The predicted molar refractivity (Wildman–Crippen MR) is 44.4 cm³/mol. The first kappa shape index (κ1) is 9.80. The molecule has 70 valence electrons. The van der Waals surface area contributed by atoms with Crippen molar-refractivity contribution in [2.45, 2.75) is 0 Å². The van der Waals surface area contributed by atoms with Crippen LogP contribution >= 0.6 is 0 Å². The summed E-state index contributed by atoms with van der Waals surface area (Å²) in [6.07, 6.45) is 0. The second kappa shape index (κ2) is 3.62. The van der Waals surface area contributed by atoms with Gasteiger partial charge in [0.25, 0.3) is 0 Å². The Bertz CT molecular complexity index is 324. The third-order valence-corrected chi connectivity index (χ3v) is 1.61. The summed E-state index contributed by atoms with van der Waals surface area (Å²) in [5.41, 5.74) is 4.92. The molecular formula is C9H8F3N. The van der Waals surface area contributed by atoms with Crippen LogP contribution in [0.4, 0.5) is 13.2 Å². The normalized spacial score (nSPS) is 10.2. The van der Waals surface area contributed by atoms with Crippen LogP contribution in [-0.4, -0.2) is 6.54 Å². The zero-order valence-corrected chi connectivity index (χ0v) is 6.78. The van der Waals surface area contributed by atoms with Crippen LogP contribution in [0.2, 0.25) is 0 Å².